The quantitative estimate of drug-likeness (QED) is 0.908. The molecule has 0 saturated carbocycles. The summed E-state index contributed by atoms with van der Waals surface area (Å²) in [7, 11) is 0. The van der Waals surface area contributed by atoms with Gasteiger partial charge < -0.3 is 10.4 Å². The molecule has 1 aromatic heterocycles. The molecule has 2 N–H and O–H groups in total. The molecule has 3 nitrogen and oxygen atoms in total. The number of aromatic nitrogens is 1. The Bertz CT molecular complexity index is 626. The molecule has 0 aliphatic heterocycles. The van der Waals surface area contributed by atoms with Crippen LogP contribution in [0.2, 0.25) is 0 Å². The maximum absolute atomic E-state index is 13.9. The lowest BCUT2D eigenvalue weighted by atomic mass is 9.97. The van der Waals surface area contributed by atoms with E-state index in [1.165, 1.54) is 10.9 Å². The van der Waals surface area contributed by atoms with Gasteiger partial charge in [-0.3, -0.25) is 0 Å². The van der Waals surface area contributed by atoms with E-state index in [-0.39, 0.29) is 11.8 Å². The summed E-state index contributed by atoms with van der Waals surface area (Å²) in [5.41, 5.74) is 1.54. The van der Waals surface area contributed by atoms with Crippen molar-refractivity contribution in [1.29, 1.82) is 0 Å². The van der Waals surface area contributed by atoms with E-state index in [0.29, 0.717) is 10.6 Å². The summed E-state index contributed by atoms with van der Waals surface area (Å²) in [5.74, 6) is -0.478. The van der Waals surface area contributed by atoms with Crippen LogP contribution in [0.3, 0.4) is 0 Å². The summed E-state index contributed by atoms with van der Waals surface area (Å²) in [6.45, 7) is 2.99. The standard InChI is InChI=1S/C15H17FN2OS/c1-2-17-12-4-3-5-13-14(12)18-15(20-13)10-7-6-9(19)8-11(10)16/h6-8,12,17,19H,2-5H2,1H3. The molecule has 1 aliphatic rings. The first-order valence-corrected chi connectivity index (χ1v) is 7.72. The second kappa shape index (κ2) is 5.50. The average molecular weight is 292 g/mol. The van der Waals surface area contributed by atoms with Crippen LogP contribution in [0.4, 0.5) is 4.39 Å². The molecule has 0 bridgehead atoms. The summed E-state index contributed by atoms with van der Waals surface area (Å²) in [6, 6.07) is 4.52. The van der Waals surface area contributed by atoms with Gasteiger partial charge in [-0.05, 0) is 37.9 Å². The number of aryl methyl sites for hydroxylation is 1. The number of nitrogens with one attached hydrogen (secondary N) is 1. The van der Waals surface area contributed by atoms with Crippen molar-refractivity contribution in [2.24, 2.45) is 0 Å². The number of halogens is 1. The van der Waals surface area contributed by atoms with Gasteiger partial charge in [-0.1, -0.05) is 6.92 Å². The van der Waals surface area contributed by atoms with Crippen molar-refractivity contribution in [1.82, 2.24) is 10.3 Å². The zero-order chi connectivity index (χ0) is 14.1. The van der Waals surface area contributed by atoms with Crippen molar-refractivity contribution in [3.63, 3.8) is 0 Å². The highest BCUT2D eigenvalue weighted by atomic mass is 32.1. The van der Waals surface area contributed by atoms with Crippen LogP contribution < -0.4 is 5.32 Å². The van der Waals surface area contributed by atoms with Crippen LogP contribution in [0.5, 0.6) is 5.75 Å². The smallest absolute Gasteiger partial charge is 0.137 e. The molecule has 3 rings (SSSR count). The lowest BCUT2D eigenvalue weighted by Crippen LogP contribution is -2.24. The largest absolute Gasteiger partial charge is 0.508 e. The van der Waals surface area contributed by atoms with Gasteiger partial charge in [0.15, 0.2) is 0 Å². The molecule has 1 aliphatic carbocycles. The summed E-state index contributed by atoms with van der Waals surface area (Å²) in [4.78, 5) is 5.90. The first-order chi connectivity index (χ1) is 9.69. The van der Waals surface area contributed by atoms with Crippen LogP contribution in [0.1, 0.15) is 36.4 Å². The van der Waals surface area contributed by atoms with Crippen molar-refractivity contribution >= 4 is 11.3 Å². The van der Waals surface area contributed by atoms with E-state index >= 15 is 0 Å². The summed E-state index contributed by atoms with van der Waals surface area (Å²) < 4.78 is 13.9. The minimum absolute atomic E-state index is 0.0573. The number of thiazole rings is 1. The molecule has 20 heavy (non-hydrogen) atoms. The molecule has 1 aromatic carbocycles. The first kappa shape index (κ1) is 13.5. The molecule has 0 radical (unpaired) electrons. The van der Waals surface area contributed by atoms with E-state index < -0.39 is 5.82 Å². The van der Waals surface area contributed by atoms with Gasteiger partial charge in [-0.2, -0.15) is 0 Å². The van der Waals surface area contributed by atoms with Gasteiger partial charge in [-0.25, -0.2) is 9.37 Å². The van der Waals surface area contributed by atoms with E-state index in [1.54, 1.807) is 17.4 Å². The van der Waals surface area contributed by atoms with Gasteiger partial charge in [0.25, 0.3) is 0 Å². The Hall–Kier alpha value is -1.46. The molecule has 1 heterocycles. The van der Waals surface area contributed by atoms with Gasteiger partial charge in [-0.15, -0.1) is 11.3 Å². The predicted molar refractivity (Wildman–Crippen MR) is 78.5 cm³/mol. The molecule has 0 fully saturated rings. The number of fused-ring (bicyclic) bond motifs is 1. The number of hydrogen-bond donors (Lipinski definition) is 2. The second-order valence-electron chi connectivity index (χ2n) is 4.99. The van der Waals surface area contributed by atoms with Crippen LogP contribution in [0.15, 0.2) is 18.2 Å². The van der Waals surface area contributed by atoms with Crippen molar-refractivity contribution in [3.8, 4) is 16.3 Å². The highest BCUT2D eigenvalue weighted by Gasteiger charge is 2.25. The van der Waals surface area contributed by atoms with Crippen molar-refractivity contribution in [3.05, 3.63) is 34.6 Å². The number of phenols is 1. The minimum Gasteiger partial charge on any atom is -0.508 e. The van der Waals surface area contributed by atoms with E-state index in [1.807, 2.05) is 0 Å². The lowest BCUT2D eigenvalue weighted by Gasteiger charge is -2.21. The fourth-order valence-corrected chi connectivity index (χ4v) is 3.85. The Balaban J connectivity index is 2.00. The zero-order valence-corrected chi connectivity index (χ0v) is 12.1. The lowest BCUT2D eigenvalue weighted by molar-refractivity contribution is 0.465. The van der Waals surface area contributed by atoms with Gasteiger partial charge >= 0.3 is 0 Å². The summed E-state index contributed by atoms with van der Waals surface area (Å²) in [6.07, 6.45) is 3.25. The van der Waals surface area contributed by atoms with Crippen LogP contribution in [-0.4, -0.2) is 16.6 Å². The first-order valence-electron chi connectivity index (χ1n) is 6.91. The zero-order valence-electron chi connectivity index (χ0n) is 11.3. The second-order valence-corrected chi connectivity index (χ2v) is 6.08. The molecule has 0 spiro atoms. The molecule has 0 saturated heterocycles. The number of aromatic hydroxyl groups is 1. The minimum atomic E-state index is -0.420. The summed E-state index contributed by atoms with van der Waals surface area (Å²) in [5, 5.41) is 13.4. The monoisotopic (exact) mass is 292 g/mol. The van der Waals surface area contributed by atoms with Crippen LogP contribution in [-0.2, 0) is 6.42 Å². The van der Waals surface area contributed by atoms with E-state index in [2.05, 4.69) is 17.2 Å². The maximum Gasteiger partial charge on any atom is 0.137 e. The number of hydrogen-bond acceptors (Lipinski definition) is 4. The highest BCUT2D eigenvalue weighted by molar-refractivity contribution is 7.15. The molecular formula is C15H17FN2OS. The Morgan fingerprint density at radius 2 is 2.35 bits per heavy atom. The third-order valence-electron chi connectivity index (χ3n) is 3.59. The van der Waals surface area contributed by atoms with Crippen molar-refractivity contribution < 1.29 is 9.50 Å². The van der Waals surface area contributed by atoms with Gasteiger partial charge in [0.05, 0.1) is 11.7 Å². The topological polar surface area (TPSA) is 45.1 Å². The van der Waals surface area contributed by atoms with E-state index in [0.717, 1.165) is 37.6 Å². The van der Waals surface area contributed by atoms with E-state index in [4.69, 9.17) is 0 Å². The van der Waals surface area contributed by atoms with E-state index in [9.17, 15) is 9.50 Å². The average Bonchev–Trinajstić information content (AvgIpc) is 2.83. The van der Waals surface area contributed by atoms with Crippen LogP contribution >= 0.6 is 11.3 Å². The molecule has 5 heteroatoms. The molecule has 1 atom stereocenters. The van der Waals surface area contributed by atoms with Gasteiger partial charge in [0.2, 0.25) is 0 Å². The van der Waals surface area contributed by atoms with Gasteiger partial charge in [0, 0.05) is 16.5 Å². The van der Waals surface area contributed by atoms with Crippen molar-refractivity contribution in [2.75, 3.05) is 6.54 Å². The maximum atomic E-state index is 13.9. The Labute approximate surface area is 121 Å². The third kappa shape index (κ3) is 2.43. The molecule has 0 amide bonds. The third-order valence-corrected chi connectivity index (χ3v) is 4.75. The van der Waals surface area contributed by atoms with Crippen LogP contribution in [0, 0.1) is 5.82 Å². The predicted octanol–water partition coefficient (Wildman–Crippen LogP) is 3.64. The molecule has 106 valence electrons. The van der Waals surface area contributed by atoms with Crippen LogP contribution in [0.25, 0.3) is 10.6 Å². The van der Waals surface area contributed by atoms with Crippen molar-refractivity contribution in [2.45, 2.75) is 32.2 Å². The number of nitrogens with zero attached hydrogens (tertiary/aromatic N) is 1. The fraction of sp³-hybridized carbons (Fsp3) is 0.400. The normalized spacial score (nSPS) is 18.0. The molecule has 2 aromatic rings. The molecular weight excluding hydrogens is 275 g/mol. The van der Waals surface area contributed by atoms with Gasteiger partial charge in [0.1, 0.15) is 16.6 Å². The number of phenolic OH excluding ortho intramolecular Hbond substituents is 1. The SMILES string of the molecule is CCNC1CCCc2sc(-c3ccc(O)cc3F)nc21. The number of rotatable bonds is 3. The Morgan fingerprint density at radius 1 is 1.50 bits per heavy atom. The Kier molecular flexibility index (Phi) is 3.72. The fourth-order valence-electron chi connectivity index (χ4n) is 2.66. The number of benzene rings is 1. The Morgan fingerprint density at radius 3 is 3.10 bits per heavy atom. The highest BCUT2D eigenvalue weighted by Crippen LogP contribution is 2.38. The summed E-state index contributed by atoms with van der Waals surface area (Å²) >= 11 is 1.57. The molecule has 1 unspecified atom stereocenters.